The normalized spacial score (nSPS) is 21.7. The zero-order valence-electron chi connectivity index (χ0n) is 13.4. The third-order valence-corrected chi connectivity index (χ3v) is 4.85. The number of halogens is 1. The number of nitrogens with zero attached hydrogens (tertiary/aromatic N) is 5. The van der Waals surface area contributed by atoms with Crippen LogP contribution in [0.3, 0.4) is 0 Å². The molecule has 1 saturated carbocycles. The van der Waals surface area contributed by atoms with Gasteiger partial charge in [-0.15, -0.1) is 0 Å². The predicted octanol–water partition coefficient (Wildman–Crippen LogP) is 2.01. The number of anilines is 1. The third-order valence-electron chi connectivity index (χ3n) is 4.55. The zero-order chi connectivity index (χ0) is 16.7. The van der Waals surface area contributed by atoms with Gasteiger partial charge in [0.1, 0.15) is 5.82 Å². The first-order valence-electron chi connectivity index (χ1n) is 8.10. The zero-order valence-corrected chi connectivity index (χ0v) is 14.1. The summed E-state index contributed by atoms with van der Waals surface area (Å²) in [6, 6.07) is 0. The van der Waals surface area contributed by atoms with Gasteiger partial charge in [0, 0.05) is 19.3 Å². The van der Waals surface area contributed by atoms with Gasteiger partial charge in [-0.05, 0) is 25.2 Å². The molecule has 1 saturated heterocycles. The highest BCUT2D eigenvalue weighted by molar-refractivity contribution is 6.30. The Kier molecular flexibility index (Phi) is 3.88. The Morgan fingerprint density at radius 3 is 2.88 bits per heavy atom. The van der Waals surface area contributed by atoms with Gasteiger partial charge < -0.3 is 9.64 Å². The molecule has 0 bridgehead atoms. The van der Waals surface area contributed by atoms with Gasteiger partial charge in [0.2, 0.25) is 0 Å². The molecule has 2 aromatic heterocycles. The van der Waals surface area contributed by atoms with Crippen LogP contribution < -0.4 is 4.90 Å². The highest BCUT2D eigenvalue weighted by atomic mass is 35.5. The number of carbonyl (C=O) groups excluding carboxylic acids is 1. The Balaban J connectivity index is 1.45. The van der Waals surface area contributed by atoms with Gasteiger partial charge in [-0.1, -0.05) is 11.6 Å². The summed E-state index contributed by atoms with van der Waals surface area (Å²) in [6.07, 6.45) is 6.21. The van der Waals surface area contributed by atoms with Crippen LogP contribution in [0.1, 0.15) is 29.4 Å². The lowest BCUT2D eigenvalue weighted by Crippen LogP contribution is -2.23. The lowest BCUT2D eigenvalue weighted by Gasteiger charge is -2.19. The van der Waals surface area contributed by atoms with Gasteiger partial charge in [-0.2, -0.15) is 5.10 Å². The summed E-state index contributed by atoms with van der Waals surface area (Å²) >= 11 is 6.29. The standard InChI is InChI=1S/C16H18ClN5O2/c1-2-24-16(23)12-4-19-22(8-12)9-13-15(17)20-14(5-18-13)21-6-10-3-11(10)7-21/h4-5,8,10-11H,2-3,6-7,9H2,1H3. The van der Waals surface area contributed by atoms with E-state index in [-0.39, 0.29) is 5.97 Å². The minimum absolute atomic E-state index is 0.334. The number of fused-ring (bicyclic) bond motifs is 1. The van der Waals surface area contributed by atoms with Crippen molar-refractivity contribution in [2.45, 2.75) is 19.9 Å². The Bertz CT molecular complexity index is 768. The predicted molar refractivity (Wildman–Crippen MR) is 88.1 cm³/mol. The van der Waals surface area contributed by atoms with Gasteiger partial charge in [0.25, 0.3) is 0 Å². The van der Waals surface area contributed by atoms with Crippen molar-refractivity contribution in [1.82, 2.24) is 19.7 Å². The van der Waals surface area contributed by atoms with Crippen LogP contribution in [0.5, 0.6) is 0 Å². The second kappa shape index (κ2) is 6.05. The average Bonchev–Trinajstić information content (AvgIpc) is 2.98. The molecule has 1 aliphatic carbocycles. The van der Waals surface area contributed by atoms with Crippen molar-refractivity contribution in [2.75, 3.05) is 24.6 Å². The molecule has 0 amide bonds. The number of carbonyl (C=O) groups is 1. The van der Waals surface area contributed by atoms with Crippen molar-refractivity contribution < 1.29 is 9.53 Å². The number of aromatic nitrogens is 4. The van der Waals surface area contributed by atoms with Crippen molar-refractivity contribution >= 4 is 23.4 Å². The first kappa shape index (κ1) is 15.4. The summed E-state index contributed by atoms with van der Waals surface area (Å²) in [6.45, 7) is 4.56. The second-order valence-corrected chi connectivity index (χ2v) is 6.63. The Morgan fingerprint density at radius 1 is 1.38 bits per heavy atom. The molecule has 2 fully saturated rings. The highest BCUT2D eigenvalue weighted by Gasteiger charge is 2.45. The lowest BCUT2D eigenvalue weighted by atomic mass is 10.3. The summed E-state index contributed by atoms with van der Waals surface area (Å²) < 4.78 is 6.55. The fraction of sp³-hybridized carbons (Fsp3) is 0.500. The minimum atomic E-state index is -0.385. The van der Waals surface area contributed by atoms with E-state index >= 15 is 0 Å². The first-order valence-corrected chi connectivity index (χ1v) is 8.47. The van der Waals surface area contributed by atoms with Crippen molar-refractivity contribution in [3.8, 4) is 0 Å². The SMILES string of the molecule is CCOC(=O)c1cnn(Cc2ncc(N3CC4CC4C3)nc2Cl)c1. The van der Waals surface area contributed by atoms with Gasteiger partial charge in [-0.25, -0.2) is 9.78 Å². The molecule has 0 N–H and O–H groups in total. The van der Waals surface area contributed by atoms with E-state index in [1.165, 1.54) is 12.6 Å². The van der Waals surface area contributed by atoms with E-state index in [1.54, 1.807) is 24.0 Å². The molecule has 7 nitrogen and oxygen atoms in total. The van der Waals surface area contributed by atoms with Crippen LogP contribution in [0.25, 0.3) is 0 Å². The first-order chi connectivity index (χ1) is 11.6. The van der Waals surface area contributed by atoms with E-state index in [9.17, 15) is 4.79 Å². The van der Waals surface area contributed by atoms with Crippen molar-refractivity contribution in [3.05, 3.63) is 35.0 Å². The molecule has 2 aromatic rings. The molecule has 0 spiro atoms. The topological polar surface area (TPSA) is 73.1 Å². The summed E-state index contributed by atoms with van der Waals surface area (Å²) in [5.41, 5.74) is 1.04. The molecule has 2 aliphatic rings. The molecule has 8 heteroatoms. The van der Waals surface area contributed by atoms with Gasteiger partial charge in [0.05, 0.1) is 36.8 Å². The smallest absolute Gasteiger partial charge is 0.341 e. The minimum Gasteiger partial charge on any atom is -0.462 e. The highest BCUT2D eigenvalue weighted by Crippen LogP contribution is 2.45. The molecule has 3 heterocycles. The number of esters is 1. The quantitative estimate of drug-likeness (QED) is 0.770. The molecule has 4 rings (SSSR count). The maximum atomic E-state index is 11.7. The molecule has 0 radical (unpaired) electrons. The van der Waals surface area contributed by atoms with Crippen molar-refractivity contribution in [1.29, 1.82) is 0 Å². The van der Waals surface area contributed by atoms with E-state index in [0.29, 0.717) is 29.6 Å². The summed E-state index contributed by atoms with van der Waals surface area (Å²) in [5, 5.41) is 4.53. The largest absolute Gasteiger partial charge is 0.462 e. The Hall–Kier alpha value is -2.15. The van der Waals surface area contributed by atoms with Gasteiger partial charge in [-0.3, -0.25) is 9.67 Å². The number of rotatable bonds is 5. The third kappa shape index (κ3) is 2.96. The van der Waals surface area contributed by atoms with Crippen LogP contribution in [-0.4, -0.2) is 45.4 Å². The van der Waals surface area contributed by atoms with Crippen molar-refractivity contribution in [3.63, 3.8) is 0 Å². The van der Waals surface area contributed by atoms with Crippen LogP contribution >= 0.6 is 11.6 Å². The number of piperidine rings is 1. The average molecular weight is 348 g/mol. The lowest BCUT2D eigenvalue weighted by molar-refractivity contribution is 0.0526. The Morgan fingerprint density at radius 2 is 2.17 bits per heavy atom. The molecule has 24 heavy (non-hydrogen) atoms. The monoisotopic (exact) mass is 347 g/mol. The summed E-state index contributed by atoms with van der Waals surface area (Å²) in [5.74, 6) is 2.11. The van der Waals surface area contributed by atoms with Gasteiger partial charge >= 0.3 is 5.97 Å². The van der Waals surface area contributed by atoms with Crippen LogP contribution in [0.4, 0.5) is 5.82 Å². The fourth-order valence-corrected chi connectivity index (χ4v) is 3.35. The van der Waals surface area contributed by atoms with Crippen LogP contribution in [-0.2, 0) is 11.3 Å². The molecular weight excluding hydrogens is 330 g/mol. The van der Waals surface area contributed by atoms with Crippen LogP contribution in [0.15, 0.2) is 18.6 Å². The maximum absolute atomic E-state index is 11.7. The van der Waals surface area contributed by atoms with Crippen LogP contribution in [0.2, 0.25) is 5.15 Å². The molecule has 1 aliphatic heterocycles. The number of hydrogen-bond acceptors (Lipinski definition) is 6. The molecule has 126 valence electrons. The summed E-state index contributed by atoms with van der Waals surface area (Å²) in [7, 11) is 0. The van der Waals surface area contributed by atoms with E-state index in [2.05, 4.69) is 20.0 Å². The summed E-state index contributed by atoms with van der Waals surface area (Å²) in [4.78, 5) is 22.8. The molecule has 2 unspecified atom stereocenters. The Labute approximate surface area is 144 Å². The van der Waals surface area contributed by atoms with Gasteiger partial charge in [0.15, 0.2) is 5.15 Å². The number of hydrogen-bond donors (Lipinski definition) is 0. The van der Waals surface area contributed by atoms with Crippen molar-refractivity contribution in [2.24, 2.45) is 11.8 Å². The van der Waals surface area contributed by atoms with Crippen LogP contribution in [0, 0.1) is 11.8 Å². The molecule has 0 aromatic carbocycles. The van der Waals surface area contributed by atoms with E-state index in [4.69, 9.17) is 16.3 Å². The van der Waals surface area contributed by atoms with E-state index < -0.39 is 0 Å². The number of ether oxygens (including phenoxy) is 1. The van der Waals surface area contributed by atoms with E-state index in [1.807, 2.05) is 0 Å². The second-order valence-electron chi connectivity index (χ2n) is 6.27. The molecule has 2 atom stereocenters. The molecular formula is C16H18ClN5O2. The maximum Gasteiger partial charge on any atom is 0.341 e. The van der Waals surface area contributed by atoms with E-state index in [0.717, 1.165) is 30.7 Å². The fourth-order valence-electron chi connectivity index (χ4n) is 3.15.